The van der Waals surface area contributed by atoms with Crippen molar-refractivity contribution in [2.24, 2.45) is 7.05 Å². The highest BCUT2D eigenvalue weighted by Crippen LogP contribution is 2.33. The van der Waals surface area contributed by atoms with Gasteiger partial charge in [-0.15, -0.1) is 11.3 Å². The number of anilines is 1. The van der Waals surface area contributed by atoms with E-state index in [0.717, 1.165) is 46.2 Å². The van der Waals surface area contributed by atoms with E-state index >= 15 is 0 Å². The Bertz CT molecular complexity index is 1420. The average molecular weight is 544 g/mol. The Kier molecular flexibility index (Phi) is 9.19. The van der Waals surface area contributed by atoms with Crippen LogP contribution in [0.1, 0.15) is 62.9 Å². The van der Waals surface area contributed by atoms with Crippen molar-refractivity contribution in [1.82, 2.24) is 19.9 Å². The first-order chi connectivity index (χ1) is 18.9. The van der Waals surface area contributed by atoms with Gasteiger partial charge in [0.1, 0.15) is 11.4 Å². The molecule has 0 bridgehead atoms. The molecule has 7 nitrogen and oxygen atoms in total. The molecule has 1 fully saturated rings. The van der Waals surface area contributed by atoms with Crippen LogP contribution >= 0.6 is 11.3 Å². The molecule has 204 valence electrons. The summed E-state index contributed by atoms with van der Waals surface area (Å²) in [5.74, 6) is 0.703. The molecule has 1 aromatic carbocycles. The van der Waals surface area contributed by atoms with Crippen LogP contribution in [0.3, 0.4) is 0 Å². The fraction of sp³-hybridized carbons (Fsp3) is 0.323. The number of aryl methyl sites for hydroxylation is 1. The first-order valence-corrected chi connectivity index (χ1v) is 14.3. The summed E-state index contributed by atoms with van der Waals surface area (Å²) in [7, 11) is 1.91. The molecule has 1 aliphatic rings. The number of carbonyl (C=O) groups is 1. The highest BCUT2D eigenvalue weighted by atomic mass is 32.1. The van der Waals surface area contributed by atoms with Crippen LogP contribution < -0.4 is 15.4 Å². The number of hydrogen-bond donors (Lipinski definition) is 2. The lowest BCUT2D eigenvalue weighted by molar-refractivity contribution is 0.0956. The molecule has 0 radical (unpaired) electrons. The van der Waals surface area contributed by atoms with Gasteiger partial charge in [-0.2, -0.15) is 0 Å². The Hall–Kier alpha value is -3.91. The molecule has 0 atom stereocenters. The highest BCUT2D eigenvalue weighted by Gasteiger charge is 2.24. The number of amides is 1. The van der Waals surface area contributed by atoms with Crippen molar-refractivity contribution in [2.75, 3.05) is 11.9 Å². The molecule has 1 saturated carbocycles. The van der Waals surface area contributed by atoms with E-state index in [1.807, 2.05) is 62.1 Å². The number of hydrogen-bond acceptors (Lipinski definition) is 6. The first kappa shape index (κ1) is 28.1. The minimum atomic E-state index is -0.521. The van der Waals surface area contributed by atoms with Gasteiger partial charge in [0, 0.05) is 48.5 Å². The van der Waals surface area contributed by atoms with Crippen LogP contribution in [0.5, 0.6) is 5.75 Å². The summed E-state index contributed by atoms with van der Waals surface area (Å²) in [5, 5.41) is 9.42. The van der Waals surface area contributed by atoms with E-state index < -0.39 is 5.60 Å². The maximum atomic E-state index is 12.6. The van der Waals surface area contributed by atoms with E-state index in [1.165, 1.54) is 12.0 Å². The van der Waals surface area contributed by atoms with Gasteiger partial charge in [-0.3, -0.25) is 9.78 Å². The quantitative estimate of drug-likeness (QED) is 0.234. The van der Waals surface area contributed by atoms with Gasteiger partial charge in [-0.25, -0.2) is 4.98 Å². The predicted molar refractivity (Wildman–Crippen MR) is 159 cm³/mol. The summed E-state index contributed by atoms with van der Waals surface area (Å²) in [4.78, 5) is 21.5. The lowest BCUT2D eigenvalue weighted by atomic mass is 9.90. The van der Waals surface area contributed by atoms with E-state index in [9.17, 15) is 4.79 Å². The number of nitrogens with zero attached hydrogens (tertiary/aromatic N) is 3. The van der Waals surface area contributed by atoms with Crippen molar-refractivity contribution >= 4 is 22.4 Å². The second kappa shape index (κ2) is 12.8. The van der Waals surface area contributed by atoms with Gasteiger partial charge >= 0.3 is 0 Å². The molecule has 8 heteroatoms. The second-order valence-electron chi connectivity index (χ2n) is 9.72. The summed E-state index contributed by atoms with van der Waals surface area (Å²) >= 11 is 1.56. The summed E-state index contributed by atoms with van der Waals surface area (Å²) in [6, 6.07) is 13.9. The van der Waals surface area contributed by atoms with E-state index in [2.05, 4.69) is 53.0 Å². The van der Waals surface area contributed by atoms with Crippen molar-refractivity contribution in [1.29, 1.82) is 0 Å². The Labute approximate surface area is 235 Å². The number of benzene rings is 1. The van der Waals surface area contributed by atoms with Gasteiger partial charge in [0.05, 0.1) is 17.8 Å². The normalized spacial score (nSPS) is 12.6. The summed E-state index contributed by atoms with van der Waals surface area (Å²) in [6.45, 7) is 8.57. The van der Waals surface area contributed by atoms with Crippen molar-refractivity contribution in [3.05, 3.63) is 95.0 Å². The lowest BCUT2D eigenvalue weighted by Crippen LogP contribution is -2.29. The highest BCUT2D eigenvalue weighted by molar-refractivity contribution is 7.14. The number of aromatic nitrogens is 3. The van der Waals surface area contributed by atoms with Gasteiger partial charge < -0.3 is 19.9 Å². The molecule has 0 spiro atoms. The fourth-order valence-corrected chi connectivity index (χ4v) is 4.97. The molecule has 1 amide bonds. The molecule has 0 saturated heterocycles. The Morgan fingerprint density at radius 3 is 2.56 bits per heavy atom. The third-order valence-corrected chi connectivity index (χ3v) is 7.30. The van der Waals surface area contributed by atoms with E-state index in [4.69, 9.17) is 9.72 Å². The molecule has 1 aliphatic carbocycles. The Morgan fingerprint density at radius 2 is 1.90 bits per heavy atom. The molecular formula is C31H37N5O2S. The van der Waals surface area contributed by atoms with Gasteiger partial charge in [0.25, 0.3) is 5.91 Å². The number of nitrogens with one attached hydrogen (secondary N) is 2. The Morgan fingerprint density at radius 1 is 1.13 bits per heavy atom. The van der Waals surface area contributed by atoms with Crippen molar-refractivity contribution in [2.45, 2.75) is 52.6 Å². The zero-order chi connectivity index (χ0) is 27.8. The molecule has 0 unspecified atom stereocenters. The van der Waals surface area contributed by atoms with Crippen LogP contribution in [0.4, 0.5) is 5.13 Å². The predicted octanol–water partition coefficient (Wildman–Crippen LogP) is 7.16. The minimum absolute atomic E-state index is 0.0759. The maximum Gasteiger partial charge on any atom is 0.253 e. The molecular weight excluding hydrogens is 506 g/mol. The largest absolute Gasteiger partial charge is 0.483 e. The molecule has 3 aromatic heterocycles. The van der Waals surface area contributed by atoms with Gasteiger partial charge in [0.15, 0.2) is 5.13 Å². The zero-order valence-corrected chi connectivity index (χ0v) is 24.1. The van der Waals surface area contributed by atoms with Gasteiger partial charge in [-0.05, 0) is 68.5 Å². The molecule has 4 aromatic rings. The number of ether oxygens (including phenoxy) is 1. The van der Waals surface area contributed by atoms with E-state index in [0.29, 0.717) is 12.1 Å². The van der Waals surface area contributed by atoms with Crippen LogP contribution in [-0.2, 0) is 12.6 Å². The molecule has 0 aliphatic heterocycles. The molecule has 2 N–H and O–H groups in total. The third kappa shape index (κ3) is 7.15. The maximum absolute atomic E-state index is 12.6. The van der Waals surface area contributed by atoms with Crippen molar-refractivity contribution < 1.29 is 9.53 Å². The van der Waals surface area contributed by atoms with E-state index in [1.54, 1.807) is 23.7 Å². The van der Waals surface area contributed by atoms with Crippen LogP contribution in [0.2, 0.25) is 0 Å². The summed E-state index contributed by atoms with van der Waals surface area (Å²) in [6.07, 6.45) is 10.4. The zero-order valence-electron chi connectivity index (χ0n) is 23.3. The topological polar surface area (TPSA) is 81.1 Å². The molecule has 5 rings (SSSR count). The first-order valence-electron chi connectivity index (χ1n) is 13.4. The number of rotatable bonds is 9. The fourth-order valence-electron chi connectivity index (χ4n) is 4.23. The summed E-state index contributed by atoms with van der Waals surface area (Å²) in [5.41, 5.74) is 5.52. The van der Waals surface area contributed by atoms with E-state index in [-0.39, 0.29) is 5.91 Å². The van der Waals surface area contributed by atoms with Crippen molar-refractivity contribution in [3.8, 4) is 17.0 Å². The van der Waals surface area contributed by atoms with Gasteiger partial charge in [-0.1, -0.05) is 32.0 Å². The SMILES string of the molecule is CC.Cn1ccc(C(=O)NCC(Nc2nc(-c3cccc(C(C)(C)Oc4ccncc4)c3)cs2)=C2CCC2)c1. The van der Waals surface area contributed by atoms with Crippen LogP contribution in [0.25, 0.3) is 11.3 Å². The van der Waals surface area contributed by atoms with Crippen LogP contribution in [-0.4, -0.2) is 27.0 Å². The number of thiazole rings is 1. The number of allylic oxidation sites excluding steroid dienone is 1. The summed E-state index contributed by atoms with van der Waals surface area (Å²) < 4.78 is 8.12. The smallest absolute Gasteiger partial charge is 0.253 e. The number of carbonyl (C=O) groups excluding carboxylic acids is 1. The molecule has 39 heavy (non-hydrogen) atoms. The Balaban J connectivity index is 0.00000172. The van der Waals surface area contributed by atoms with Crippen molar-refractivity contribution in [3.63, 3.8) is 0 Å². The molecule has 3 heterocycles. The standard InChI is InChI=1S/C29H31N5O2S.C2H6/c1-29(2,36-24-10-13-30-14-11-24)23-9-5-8-21(16-23)26-19-37-28(33-26)32-25(20-6-4-7-20)17-31-27(35)22-12-15-34(3)18-22;1-2/h5,8-16,18-19H,4,6-7,17H2,1-3H3,(H,31,35)(H,32,33);1-2H3. The monoisotopic (exact) mass is 543 g/mol. The number of pyridine rings is 1. The second-order valence-corrected chi connectivity index (χ2v) is 10.6. The van der Waals surface area contributed by atoms with Gasteiger partial charge in [0.2, 0.25) is 0 Å². The average Bonchev–Trinajstić information content (AvgIpc) is 3.57. The lowest BCUT2D eigenvalue weighted by Gasteiger charge is -2.27. The minimum Gasteiger partial charge on any atom is -0.483 e. The van der Waals surface area contributed by atoms with Crippen LogP contribution in [0.15, 0.2) is 83.9 Å². The van der Waals surface area contributed by atoms with Crippen LogP contribution in [0, 0.1) is 0 Å². The third-order valence-electron chi connectivity index (χ3n) is 6.54.